The number of nitrogens with zero attached hydrogens (tertiary/aromatic N) is 1. The van der Waals surface area contributed by atoms with E-state index in [-0.39, 0.29) is 0 Å². The first-order valence-electron chi connectivity index (χ1n) is 15.3. The van der Waals surface area contributed by atoms with Crippen LogP contribution in [0.15, 0.2) is 152 Å². The van der Waals surface area contributed by atoms with E-state index in [0.29, 0.717) is 5.56 Å². The van der Waals surface area contributed by atoms with E-state index >= 15 is 0 Å². The van der Waals surface area contributed by atoms with Crippen LogP contribution < -0.4 is 0 Å². The molecule has 0 N–H and O–H groups in total. The lowest BCUT2D eigenvalue weighted by molar-refractivity contribution is 1.47. The van der Waals surface area contributed by atoms with Gasteiger partial charge in [0.1, 0.15) is 0 Å². The van der Waals surface area contributed by atoms with Crippen LogP contribution in [-0.2, 0) is 0 Å². The minimum Gasteiger partial charge on any atom is -0.192 e. The predicted octanol–water partition coefficient (Wildman–Crippen LogP) is 13.0. The van der Waals surface area contributed by atoms with Crippen LogP contribution in [0.25, 0.3) is 84.9 Å². The van der Waals surface area contributed by atoms with E-state index in [1.165, 1.54) is 51.5 Å². The molecule has 0 radical (unpaired) electrons. The van der Waals surface area contributed by atoms with Gasteiger partial charge in [-0.15, -0.1) is 22.7 Å². The summed E-state index contributed by atoms with van der Waals surface area (Å²) in [6, 6.07) is 56.6. The Hall–Kier alpha value is -5.53. The lowest BCUT2D eigenvalue weighted by Crippen LogP contribution is -1.92. The second-order valence-electron chi connectivity index (χ2n) is 11.6. The molecule has 0 aliphatic carbocycles. The van der Waals surface area contributed by atoms with Gasteiger partial charge in [-0.3, -0.25) is 0 Å². The Balaban J connectivity index is 1.34. The number of hydrogen-bond acceptors (Lipinski definition) is 3. The fourth-order valence-corrected chi connectivity index (χ4v) is 9.17. The van der Waals surface area contributed by atoms with Gasteiger partial charge in [-0.1, -0.05) is 109 Å². The minimum atomic E-state index is 0.671. The van der Waals surface area contributed by atoms with Gasteiger partial charge in [-0.25, -0.2) is 0 Å². The van der Waals surface area contributed by atoms with Gasteiger partial charge in [0.2, 0.25) is 0 Å². The van der Waals surface area contributed by atoms with E-state index in [9.17, 15) is 5.26 Å². The molecule has 0 aliphatic heterocycles. The van der Waals surface area contributed by atoms with Crippen molar-refractivity contribution in [3.8, 4) is 50.6 Å². The second-order valence-corrected chi connectivity index (χ2v) is 13.7. The largest absolute Gasteiger partial charge is 0.192 e. The first-order chi connectivity index (χ1) is 22.7. The molecule has 1 nitrogen and oxygen atoms in total. The molecule has 0 aliphatic rings. The third-order valence-corrected chi connectivity index (χ3v) is 11.3. The molecular formula is C43H25NS2. The highest BCUT2D eigenvalue weighted by Crippen LogP contribution is 2.44. The maximum absolute atomic E-state index is 10.4. The number of thiophene rings is 2. The lowest BCUT2D eigenvalue weighted by Gasteiger charge is -2.16. The van der Waals surface area contributed by atoms with Crippen molar-refractivity contribution in [3.05, 3.63) is 157 Å². The van der Waals surface area contributed by atoms with Crippen LogP contribution in [0.5, 0.6) is 0 Å². The normalized spacial score (nSPS) is 11.5. The summed E-state index contributed by atoms with van der Waals surface area (Å²) in [6.07, 6.45) is 0. The predicted molar refractivity (Wildman–Crippen MR) is 199 cm³/mol. The Bertz CT molecular complexity index is 2650. The molecule has 7 aromatic carbocycles. The van der Waals surface area contributed by atoms with E-state index in [0.717, 1.165) is 33.4 Å². The summed E-state index contributed by atoms with van der Waals surface area (Å²) in [5.41, 5.74) is 9.49. The molecule has 214 valence electrons. The van der Waals surface area contributed by atoms with E-state index in [1.807, 2.05) is 40.9 Å². The highest BCUT2D eigenvalue weighted by atomic mass is 32.1. The lowest BCUT2D eigenvalue weighted by atomic mass is 9.87. The van der Waals surface area contributed by atoms with Gasteiger partial charge in [0, 0.05) is 45.9 Å². The van der Waals surface area contributed by atoms with Gasteiger partial charge in [-0.05, 0) is 81.4 Å². The molecule has 0 bridgehead atoms. The maximum atomic E-state index is 10.4. The first kappa shape index (κ1) is 26.8. The topological polar surface area (TPSA) is 23.8 Å². The smallest absolute Gasteiger partial charge is 0.0998 e. The molecule has 9 rings (SSSR count). The Labute approximate surface area is 274 Å². The van der Waals surface area contributed by atoms with Crippen molar-refractivity contribution in [1.29, 1.82) is 5.26 Å². The summed E-state index contributed by atoms with van der Waals surface area (Å²) in [4.78, 5) is 0. The zero-order valence-corrected chi connectivity index (χ0v) is 26.3. The average Bonchev–Trinajstić information content (AvgIpc) is 3.69. The van der Waals surface area contributed by atoms with Crippen molar-refractivity contribution in [2.45, 2.75) is 0 Å². The molecule has 9 aromatic rings. The molecular weight excluding hydrogens is 595 g/mol. The van der Waals surface area contributed by atoms with Gasteiger partial charge >= 0.3 is 0 Å². The zero-order chi connectivity index (χ0) is 30.6. The number of nitriles is 1. The fourth-order valence-electron chi connectivity index (χ4n) is 6.79. The Morgan fingerprint density at radius 3 is 1.85 bits per heavy atom. The number of benzene rings is 7. The van der Waals surface area contributed by atoms with Gasteiger partial charge in [0.15, 0.2) is 0 Å². The molecule has 0 spiro atoms. The molecule has 0 atom stereocenters. The van der Waals surface area contributed by atoms with Crippen LogP contribution in [0.3, 0.4) is 0 Å². The number of fused-ring (bicyclic) bond motifs is 6. The molecule has 0 unspecified atom stereocenters. The highest BCUT2D eigenvalue weighted by molar-refractivity contribution is 7.26. The third kappa shape index (κ3) is 4.35. The summed E-state index contributed by atoms with van der Waals surface area (Å²) in [5.74, 6) is 0. The van der Waals surface area contributed by atoms with E-state index in [1.54, 1.807) is 0 Å². The molecule has 0 saturated carbocycles. The molecule has 0 amide bonds. The summed E-state index contributed by atoms with van der Waals surface area (Å²) in [7, 11) is 0. The maximum Gasteiger partial charge on any atom is 0.0998 e. The van der Waals surface area contributed by atoms with Gasteiger partial charge in [-0.2, -0.15) is 5.26 Å². The van der Waals surface area contributed by atoms with Crippen LogP contribution in [0.4, 0.5) is 0 Å². The molecule has 0 saturated heterocycles. The van der Waals surface area contributed by atoms with Gasteiger partial charge in [0.25, 0.3) is 0 Å². The van der Waals surface area contributed by atoms with Crippen LogP contribution in [0.1, 0.15) is 5.56 Å². The summed E-state index contributed by atoms with van der Waals surface area (Å²) < 4.78 is 5.15. The molecule has 46 heavy (non-hydrogen) atoms. The fraction of sp³-hybridized carbons (Fsp3) is 0. The zero-order valence-electron chi connectivity index (χ0n) is 24.7. The minimum absolute atomic E-state index is 0.671. The summed E-state index contributed by atoms with van der Waals surface area (Å²) in [5, 5.41) is 15.5. The van der Waals surface area contributed by atoms with Crippen molar-refractivity contribution in [3.63, 3.8) is 0 Å². The van der Waals surface area contributed by atoms with Crippen LogP contribution in [-0.4, -0.2) is 0 Å². The Morgan fingerprint density at radius 2 is 1.02 bits per heavy atom. The molecule has 0 fully saturated rings. The monoisotopic (exact) mass is 619 g/mol. The number of hydrogen-bond donors (Lipinski definition) is 0. The van der Waals surface area contributed by atoms with Crippen molar-refractivity contribution >= 4 is 63.0 Å². The van der Waals surface area contributed by atoms with E-state index in [2.05, 4.69) is 140 Å². The standard InChI is InChI=1S/C43H25NS2/c44-26-29-12-8-15-33(27-10-2-1-3-11-27)42(29)32-23-30(28-20-21-37-35-13-4-6-18-39(35)45-41(37)25-28)22-31(24-32)34-16-9-17-38-36-14-5-7-19-40(36)46-43(34)38/h1-25H. The van der Waals surface area contributed by atoms with E-state index in [4.69, 9.17) is 0 Å². The number of rotatable bonds is 4. The molecule has 2 heterocycles. The Kier molecular flexibility index (Phi) is 6.31. The average molecular weight is 620 g/mol. The van der Waals surface area contributed by atoms with Crippen molar-refractivity contribution in [2.24, 2.45) is 0 Å². The summed E-state index contributed by atoms with van der Waals surface area (Å²) >= 11 is 3.69. The van der Waals surface area contributed by atoms with Crippen LogP contribution in [0.2, 0.25) is 0 Å². The highest BCUT2D eigenvalue weighted by Gasteiger charge is 2.18. The third-order valence-electron chi connectivity index (χ3n) is 8.92. The van der Waals surface area contributed by atoms with Gasteiger partial charge in [0.05, 0.1) is 11.6 Å². The van der Waals surface area contributed by atoms with Gasteiger partial charge < -0.3 is 0 Å². The first-order valence-corrected chi connectivity index (χ1v) is 16.9. The Morgan fingerprint density at radius 1 is 0.391 bits per heavy atom. The van der Waals surface area contributed by atoms with Crippen molar-refractivity contribution in [2.75, 3.05) is 0 Å². The van der Waals surface area contributed by atoms with Crippen molar-refractivity contribution in [1.82, 2.24) is 0 Å². The molecule has 2 aromatic heterocycles. The van der Waals surface area contributed by atoms with Crippen molar-refractivity contribution < 1.29 is 0 Å². The second kappa shape index (κ2) is 10.8. The van der Waals surface area contributed by atoms with Crippen LogP contribution >= 0.6 is 22.7 Å². The van der Waals surface area contributed by atoms with E-state index < -0.39 is 0 Å². The SMILES string of the molecule is N#Cc1cccc(-c2ccccc2)c1-c1cc(-c2ccc3c(c2)sc2ccccc23)cc(-c2cccc3c2sc2ccccc23)c1. The quantitative estimate of drug-likeness (QED) is 0.192. The molecule has 3 heteroatoms. The van der Waals surface area contributed by atoms with Crippen LogP contribution in [0, 0.1) is 11.3 Å². The summed E-state index contributed by atoms with van der Waals surface area (Å²) in [6.45, 7) is 0.